The molecule has 2 N–H and O–H groups in total. The molecule has 0 saturated heterocycles. The molecule has 0 bridgehead atoms. The fraction of sp³-hybridized carbons (Fsp3) is 0.833. The molecule has 0 aliphatic carbocycles. The van der Waals surface area contributed by atoms with Crippen molar-refractivity contribution in [1.82, 2.24) is 5.32 Å². The molecule has 112 valence electrons. The minimum atomic E-state index is -0.773. The van der Waals surface area contributed by atoms with E-state index in [1.165, 1.54) is 10.8 Å². The molecule has 5 nitrogen and oxygen atoms in total. The molecule has 7 heteroatoms. The number of hydrogen-bond donors (Lipinski definition) is 2. The van der Waals surface area contributed by atoms with E-state index in [0.29, 0.717) is 25.3 Å². The summed E-state index contributed by atoms with van der Waals surface area (Å²) < 4.78 is 5.35. The number of carboxylic acid groups (broad SMARTS) is 1. The lowest BCUT2D eigenvalue weighted by Gasteiger charge is -2.07. The molecule has 0 aromatic rings. The summed E-state index contributed by atoms with van der Waals surface area (Å²) in [7, 11) is 3.11. The van der Waals surface area contributed by atoms with Crippen molar-refractivity contribution in [2.24, 2.45) is 0 Å². The average molecular weight is 309 g/mol. The number of aliphatic carboxylic acids is 1. The lowest BCUT2D eigenvalue weighted by Crippen LogP contribution is -2.25. The fourth-order valence-corrected chi connectivity index (χ4v) is 3.01. The summed E-state index contributed by atoms with van der Waals surface area (Å²) >= 11 is 0. The molecule has 0 saturated carbocycles. The molecule has 0 unspecified atom stereocenters. The van der Waals surface area contributed by atoms with Gasteiger partial charge in [-0.05, 0) is 20.3 Å². The van der Waals surface area contributed by atoms with Crippen LogP contribution in [-0.4, -0.2) is 47.7 Å². The highest BCUT2D eigenvalue weighted by atomic mass is 33.1. The lowest BCUT2D eigenvalue weighted by atomic mass is 10.3. The van der Waals surface area contributed by atoms with Gasteiger partial charge in [0.2, 0.25) is 5.91 Å². The van der Waals surface area contributed by atoms with Crippen LogP contribution in [-0.2, 0) is 14.3 Å². The Morgan fingerprint density at radius 3 is 2.53 bits per heavy atom. The van der Waals surface area contributed by atoms with Crippen LogP contribution < -0.4 is 5.32 Å². The molecular weight excluding hydrogens is 286 g/mol. The van der Waals surface area contributed by atoms with Crippen molar-refractivity contribution in [3.8, 4) is 0 Å². The third kappa shape index (κ3) is 15.5. The number of carboxylic acids is 1. The number of nitrogens with one attached hydrogen (secondary N) is 1. The number of amides is 1. The highest BCUT2D eigenvalue weighted by Crippen LogP contribution is 2.20. The van der Waals surface area contributed by atoms with Crippen molar-refractivity contribution in [2.45, 2.75) is 39.2 Å². The van der Waals surface area contributed by atoms with E-state index < -0.39 is 5.97 Å². The van der Waals surface area contributed by atoms with Gasteiger partial charge in [0.25, 0.3) is 0 Å². The maximum absolute atomic E-state index is 11.4. The molecule has 0 atom stereocenters. The van der Waals surface area contributed by atoms with Crippen LogP contribution in [0.4, 0.5) is 0 Å². The Morgan fingerprint density at radius 2 is 1.89 bits per heavy atom. The van der Waals surface area contributed by atoms with E-state index in [4.69, 9.17) is 9.84 Å². The lowest BCUT2D eigenvalue weighted by molar-refractivity contribution is -0.136. The van der Waals surface area contributed by atoms with Crippen LogP contribution in [0.25, 0.3) is 0 Å². The summed E-state index contributed by atoms with van der Waals surface area (Å²) in [5.74, 6) is 0.660. The first-order chi connectivity index (χ1) is 9.02. The Balaban J connectivity index is 3.22. The van der Waals surface area contributed by atoms with Crippen LogP contribution in [0.5, 0.6) is 0 Å². The maximum atomic E-state index is 11.4. The zero-order valence-corrected chi connectivity index (χ0v) is 13.1. The number of rotatable bonds is 12. The van der Waals surface area contributed by atoms with Gasteiger partial charge in [-0.15, -0.1) is 0 Å². The van der Waals surface area contributed by atoms with Gasteiger partial charge in [0, 0.05) is 31.1 Å². The van der Waals surface area contributed by atoms with E-state index in [9.17, 15) is 9.59 Å². The van der Waals surface area contributed by atoms with Crippen LogP contribution in [0.3, 0.4) is 0 Å². The SMILES string of the molecule is CC(C)OCCCC(=O)NCCSSCCC(=O)O. The van der Waals surface area contributed by atoms with Gasteiger partial charge in [0.05, 0.1) is 12.5 Å². The second kappa shape index (κ2) is 12.6. The highest BCUT2D eigenvalue weighted by molar-refractivity contribution is 8.76. The standard InChI is InChI=1S/C12H23NO4S2/c1-10(2)17-7-3-4-11(14)13-6-9-19-18-8-5-12(15)16/h10H,3-9H2,1-2H3,(H,13,14)(H,15,16). The Morgan fingerprint density at radius 1 is 1.21 bits per heavy atom. The molecule has 0 rings (SSSR count). The van der Waals surface area contributed by atoms with Gasteiger partial charge >= 0.3 is 5.97 Å². The monoisotopic (exact) mass is 309 g/mol. The third-order valence-electron chi connectivity index (χ3n) is 1.99. The van der Waals surface area contributed by atoms with Gasteiger partial charge in [-0.2, -0.15) is 0 Å². The number of ether oxygens (including phenoxy) is 1. The molecule has 1 amide bonds. The zero-order chi connectivity index (χ0) is 14.5. The Bertz CT molecular complexity index is 262. The fourth-order valence-electron chi connectivity index (χ4n) is 1.12. The van der Waals surface area contributed by atoms with Crippen molar-refractivity contribution in [2.75, 3.05) is 24.7 Å². The zero-order valence-electron chi connectivity index (χ0n) is 11.5. The van der Waals surface area contributed by atoms with Crippen LogP contribution in [0.2, 0.25) is 0 Å². The third-order valence-corrected chi connectivity index (χ3v) is 4.40. The summed E-state index contributed by atoms with van der Waals surface area (Å²) in [5, 5.41) is 11.3. The summed E-state index contributed by atoms with van der Waals surface area (Å²) in [6, 6.07) is 0. The van der Waals surface area contributed by atoms with Gasteiger partial charge in [-0.3, -0.25) is 9.59 Å². The van der Waals surface area contributed by atoms with Crippen molar-refractivity contribution in [3.05, 3.63) is 0 Å². The van der Waals surface area contributed by atoms with Crippen LogP contribution in [0.15, 0.2) is 0 Å². The van der Waals surface area contributed by atoms with E-state index in [1.807, 2.05) is 13.8 Å². The predicted molar refractivity (Wildman–Crippen MR) is 80.5 cm³/mol. The first-order valence-corrected chi connectivity index (χ1v) is 8.85. The first-order valence-electron chi connectivity index (χ1n) is 6.37. The normalized spacial score (nSPS) is 10.7. The topological polar surface area (TPSA) is 75.6 Å². The minimum absolute atomic E-state index is 0.0449. The smallest absolute Gasteiger partial charge is 0.304 e. The number of carbonyl (C=O) groups is 2. The van der Waals surface area contributed by atoms with Crippen LogP contribution in [0.1, 0.15) is 33.1 Å². The molecule has 19 heavy (non-hydrogen) atoms. The van der Waals surface area contributed by atoms with Gasteiger partial charge < -0.3 is 15.2 Å². The van der Waals surface area contributed by atoms with Crippen LogP contribution >= 0.6 is 21.6 Å². The molecule has 0 aliphatic rings. The Kier molecular flexibility index (Phi) is 12.4. The van der Waals surface area contributed by atoms with Gasteiger partial charge in [0.1, 0.15) is 0 Å². The largest absolute Gasteiger partial charge is 0.481 e. The van der Waals surface area contributed by atoms with E-state index >= 15 is 0 Å². The Labute approximate surface area is 122 Å². The van der Waals surface area contributed by atoms with Gasteiger partial charge in [-0.1, -0.05) is 21.6 Å². The summed E-state index contributed by atoms with van der Waals surface area (Å²) in [6.45, 7) is 5.18. The Hall–Kier alpha value is -0.400. The van der Waals surface area contributed by atoms with Gasteiger partial charge in [0.15, 0.2) is 0 Å². The second-order valence-corrected chi connectivity index (χ2v) is 6.86. The van der Waals surface area contributed by atoms with E-state index in [2.05, 4.69) is 5.32 Å². The molecule has 0 fully saturated rings. The number of carbonyl (C=O) groups excluding carboxylic acids is 1. The quantitative estimate of drug-likeness (QED) is 0.425. The predicted octanol–water partition coefficient (Wildman–Crippen LogP) is 2.16. The molecule has 0 radical (unpaired) electrons. The van der Waals surface area contributed by atoms with E-state index in [-0.39, 0.29) is 18.4 Å². The summed E-state index contributed by atoms with van der Waals surface area (Å²) in [4.78, 5) is 21.7. The average Bonchev–Trinajstić information content (AvgIpc) is 2.33. The van der Waals surface area contributed by atoms with Crippen molar-refractivity contribution < 1.29 is 19.4 Å². The van der Waals surface area contributed by atoms with Crippen molar-refractivity contribution in [3.63, 3.8) is 0 Å². The van der Waals surface area contributed by atoms with E-state index in [1.54, 1.807) is 10.8 Å². The highest BCUT2D eigenvalue weighted by Gasteiger charge is 2.02. The molecule has 0 aromatic carbocycles. The second-order valence-electron chi connectivity index (χ2n) is 4.16. The minimum Gasteiger partial charge on any atom is -0.481 e. The molecule has 0 spiro atoms. The molecule has 0 aliphatic heterocycles. The molecule has 0 aromatic heterocycles. The number of hydrogen-bond acceptors (Lipinski definition) is 5. The van der Waals surface area contributed by atoms with Crippen molar-refractivity contribution >= 4 is 33.5 Å². The molecule has 0 heterocycles. The van der Waals surface area contributed by atoms with Crippen LogP contribution in [0, 0.1) is 0 Å². The van der Waals surface area contributed by atoms with E-state index in [0.717, 1.165) is 12.2 Å². The van der Waals surface area contributed by atoms with Crippen molar-refractivity contribution in [1.29, 1.82) is 0 Å². The first kappa shape index (κ1) is 18.6. The summed E-state index contributed by atoms with van der Waals surface area (Å²) in [5.41, 5.74) is 0. The molecular formula is C12H23NO4S2. The van der Waals surface area contributed by atoms with Gasteiger partial charge in [-0.25, -0.2) is 0 Å². The summed E-state index contributed by atoms with van der Waals surface area (Å²) in [6.07, 6.45) is 1.62. The maximum Gasteiger partial charge on any atom is 0.304 e.